The van der Waals surface area contributed by atoms with E-state index in [9.17, 15) is 19.7 Å². The Morgan fingerprint density at radius 1 is 1.03 bits per heavy atom. The molecular weight excluding hydrogens is 513 g/mol. The Hall–Kier alpha value is -2.75. The Kier molecular flexibility index (Phi) is 8.35. The van der Waals surface area contributed by atoms with Crippen LogP contribution in [0.5, 0.6) is 0 Å². The first-order chi connectivity index (χ1) is 16.4. The van der Waals surface area contributed by atoms with Crippen LogP contribution in [0.25, 0.3) is 5.57 Å². The number of ether oxygens (including phenoxy) is 1. The molecule has 35 heavy (non-hydrogen) atoms. The van der Waals surface area contributed by atoms with Gasteiger partial charge in [-0.25, -0.2) is 4.79 Å². The van der Waals surface area contributed by atoms with Crippen LogP contribution in [-0.4, -0.2) is 58.5 Å². The van der Waals surface area contributed by atoms with Crippen molar-refractivity contribution in [1.29, 1.82) is 0 Å². The summed E-state index contributed by atoms with van der Waals surface area (Å²) in [7, 11) is 0. The second kappa shape index (κ2) is 10.9. The van der Waals surface area contributed by atoms with Gasteiger partial charge in [-0.2, -0.15) is 0 Å². The van der Waals surface area contributed by atoms with Gasteiger partial charge in [0.25, 0.3) is 11.6 Å². The summed E-state index contributed by atoms with van der Waals surface area (Å²) in [4.78, 5) is 40.6. The SMILES string of the molecule is C=C(C(=O)N1CCN(C(=O)OC(C)(C)C)CC1)c1ccc(Sc2ccc(Cl)cc2Cl)c([N+](=O)[O-])c1. The zero-order valence-corrected chi connectivity index (χ0v) is 21.9. The van der Waals surface area contributed by atoms with Crippen molar-refractivity contribution in [2.75, 3.05) is 26.2 Å². The molecule has 0 atom stereocenters. The number of amides is 2. The molecule has 1 aliphatic rings. The second-order valence-corrected chi connectivity index (χ2v) is 10.8. The monoisotopic (exact) mass is 537 g/mol. The molecule has 8 nitrogen and oxygen atoms in total. The zero-order valence-electron chi connectivity index (χ0n) is 19.5. The van der Waals surface area contributed by atoms with Gasteiger partial charge in [-0.05, 0) is 50.6 Å². The molecule has 0 bridgehead atoms. The van der Waals surface area contributed by atoms with Crippen molar-refractivity contribution in [3.63, 3.8) is 0 Å². The van der Waals surface area contributed by atoms with E-state index in [-0.39, 0.29) is 17.2 Å². The molecule has 2 aromatic carbocycles. The van der Waals surface area contributed by atoms with Crippen LogP contribution in [0.1, 0.15) is 26.3 Å². The molecule has 0 saturated carbocycles. The number of benzene rings is 2. The van der Waals surface area contributed by atoms with Gasteiger partial charge in [-0.1, -0.05) is 47.6 Å². The summed E-state index contributed by atoms with van der Waals surface area (Å²) in [5, 5.41) is 12.6. The summed E-state index contributed by atoms with van der Waals surface area (Å²) in [5.41, 5.74) is -0.277. The van der Waals surface area contributed by atoms with Crippen LogP contribution < -0.4 is 0 Å². The van der Waals surface area contributed by atoms with Gasteiger partial charge in [-0.15, -0.1) is 0 Å². The van der Waals surface area contributed by atoms with Crippen molar-refractivity contribution < 1.29 is 19.2 Å². The molecule has 0 spiro atoms. The van der Waals surface area contributed by atoms with Crippen molar-refractivity contribution in [3.05, 3.63) is 68.7 Å². The molecule has 0 aliphatic carbocycles. The van der Waals surface area contributed by atoms with E-state index in [1.165, 1.54) is 6.07 Å². The Labute approximate surface area is 218 Å². The number of nitrogens with zero attached hydrogens (tertiary/aromatic N) is 3. The largest absolute Gasteiger partial charge is 0.444 e. The lowest BCUT2D eigenvalue weighted by Crippen LogP contribution is -2.51. The van der Waals surface area contributed by atoms with Gasteiger partial charge >= 0.3 is 6.09 Å². The van der Waals surface area contributed by atoms with Gasteiger partial charge < -0.3 is 14.5 Å². The first-order valence-electron chi connectivity index (χ1n) is 10.7. The van der Waals surface area contributed by atoms with Crippen molar-refractivity contribution in [2.24, 2.45) is 0 Å². The first-order valence-corrected chi connectivity index (χ1v) is 12.3. The topological polar surface area (TPSA) is 93.0 Å². The van der Waals surface area contributed by atoms with Crippen molar-refractivity contribution >= 4 is 58.2 Å². The van der Waals surface area contributed by atoms with Crippen LogP contribution in [0.4, 0.5) is 10.5 Å². The van der Waals surface area contributed by atoms with Gasteiger partial charge in [0, 0.05) is 47.7 Å². The Bertz CT molecular complexity index is 1170. The van der Waals surface area contributed by atoms with E-state index in [4.69, 9.17) is 27.9 Å². The minimum absolute atomic E-state index is 0.139. The van der Waals surface area contributed by atoms with Crippen LogP contribution in [0.3, 0.4) is 0 Å². The highest BCUT2D eigenvalue weighted by atomic mass is 35.5. The molecule has 0 unspecified atom stereocenters. The maximum Gasteiger partial charge on any atom is 0.410 e. The lowest BCUT2D eigenvalue weighted by molar-refractivity contribution is -0.387. The molecule has 3 rings (SSSR count). The van der Waals surface area contributed by atoms with Gasteiger partial charge in [0.1, 0.15) is 5.60 Å². The molecule has 2 amide bonds. The highest BCUT2D eigenvalue weighted by Crippen LogP contribution is 2.40. The second-order valence-electron chi connectivity index (χ2n) is 8.85. The number of hydrogen-bond acceptors (Lipinski definition) is 6. The highest BCUT2D eigenvalue weighted by molar-refractivity contribution is 7.99. The molecule has 0 N–H and O–H groups in total. The molecule has 1 saturated heterocycles. The third-order valence-corrected chi connectivity index (χ3v) is 6.90. The van der Waals surface area contributed by atoms with Crippen molar-refractivity contribution in [2.45, 2.75) is 36.2 Å². The van der Waals surface area contributed by atoms with Crippen LogP contribution in [0.15, 0.2) is 52.8 Å². The van der Waals surface area contributed by atoms with Crippen LogP contribution in [0, 0.1) is 10.1 Å². The van der Waals surface area contributed by atoms with Gasteiger partial charge in [0.05, 0.1) is 14.8 Å². The van der Waals surface area contributed by atoms with E-state index in [0.717, 1.165) is 11.8 Å². The van der Waals surface area contributed by atoms with Gasteiger partial charge in [-0.3, -0.25) is 14.9 Å². The molecule has 1 heterocycles. The summed E-state index contributed by atoms with van der Waals surface area (Å²) in [6.45, 7) is 10.5. The normalized spacial score (nSPS) is 14.0. The summed E-state index contributed by atoms with van der Waals surface area (Å²) in [6, 6.07) is 9.43. The van der Waals surface area contributed by atoms with Gasteiger partial charge in [0.2, 0.25) is 0 Å². The third-order valence-electron chi connectivity index (χ3n) is 5.09. The fraction of sp³-hybridized carbons (Fsp3) is 0.333. The van der Waals surface area contributed by atoms with E-state index in [2.05, 4.69) is 6.58 Å². The summed E-state index contributed by atoms with van der Waals surface area (Å²) in [6.07, 6.45) is -0.423. The van der Waals surface area contributed by atoms with E-state index in [1.54, 1.807) is 60.9 Å². The first kappa shape index (κ1) is 26.8. The van der Waals surface area contributed by atoms with Crippen LogP contribution in [-0.2, 0) is 9.53 Å². The molecule has 0 radical (unpaired) electrons. The highest BCUT2D eigenvalue weighted by Gasteiger charge is 2.29. The molecule has 186 valence electrons. The quantitative estimate of drug-likeness (QED) is 0.258. The number of rotatable bonds is 5. The molecule has 11 heteroatoms. The Balaban J connectivity index is 1.71. The number of carbonyl (C=O) groups is 2. The van der Waals surface area contributed by atoms with Crippen LogP contribution in [0.2, 0.25) is 10.0 Å². The number of nitro groups is 1. The van der Waals surface area contributed by atoms with E-state index < -0.39 is 16.6 Å². The average molecular weight is 538 g/mol. The molecular formula is C24H25Cl2N3O5S. The third kappa shape index (κ3) is 6.90. The lowest BCUT2D eigenvalue weighted by atomic mass is 10.1. The maximum atomic E-state index is 13.0. The number of nitro benzene ring substituents is 1. The lowest BCUT2D eigenvalue weighted by Gasteiger charge is -2.35. The average Bonchev–Trinajstić information content (AvgIpc) is 2.79. The van der Waals surface area contributed by atoms with E-state index in [1.807, 2.05) is 0 Å². The maximum absolute atomic E-state index is 13.0. The number of carbonyl (C=O) groups excluding carboxylic acids is 2. The molecule has 0 aromatic heterocycles. The summed E-state index contributed by atoms with van der Waals surface area (Å²) in [5.74, 6) is -0.343. The van der Waals surface area contributed by atoms with E-state index in [0.29, 0.717) is 51.6 Å². The van der Waals surface area contributed by atoms with Crippen LogP contribution >= 0.6 is 35.0 Å². The number of hydrogen-bond donors (Lipinski definition) is 0. The van der Waals surface area contributed by atoms with Crippen molar-refractivity contribution in [1.82, 2.24) is 9.80 Å². The summed E-state index contributed by atoms with van der Waals surface area (Å²) >= 11 is 13.3. The van der Waals surface area contributed by atoms with E-state index >= 15 is 0 Å². The smallest absolute Gasteiger partial charge is 0.410 e. The minimum atomic E-state index is -0.601. The Morgan fingerprint density at radius 3 is 2.20 bits per heavy atom. The zero-order chi connectivity index (χ0) is 25.9. The summed E-state index contributed by atoms with van der Waals surface area (Å²) < 4.78 is 5.38. The molecule has 2 aromatic rings. The predicted octanol–water partition coefficient (Wildman–Crippen LogP) is 6.15. The fourth-order valence-electron chi connectivity index (χ4n) is 3.34. The Morgan fingerprint density at radius 2 is 1.63 bits per heavy atom. The molecule has 1 aliphatic heterocycles. The number of piperazine rings is 1. The number of halogens is 2. The van der Waals surface area contributed by atoms with Crippen molar-refractivity contribution in [3.8, 4) is 0 Å². The predicted molar refractivity (Wildman–Crippen MR) is 137 cm³/mol. The molecule has 1 fully saturated rings. The standard InChI is InChI=1S/C24H25Cl2N3O5S/c1-15(22(30)27-9-11-28(12-10-27)23(31)34-24(2,3)4)16-5-7-21(19(13-16)29(32)33)35-20-8-6-17(25)14-18(20)26/h5-8,13-14H,1,9-12H2,2-4H3. The minimum Gasteiger partial charge on any atom is -0.444 e. The van der Waals surface area contributed by atoms with Gasteiger partial charge in [0.15, 0.2) is 0 Å². The fourth-order valence-corrected chi connectivity index (χ4v) is 4.77.